The van der Waals surface area contributed by atoms with E-state index in [0.717, 1.165) is 0 Å². The Balaban J connectivity index is 1.61. The van der Waals surface area contributed by atoms with Crippen molar-refractivity contribution in [2.24, 2.45) is 0 Å². The second-order valence-corrected chi connectivity index (χ2v) is 8.41. The predicted molar refractivity (Wildman–Crippen MR) is 129 cm³/mol. The van der Waals surface area contributed by atoms with Crippen LogP contribution >= 0.6 is 0 Å². The van der Waals surface area contributed by atoms with Gasteiger partial charge in [-0.15, -0.1) is 0 Å². The molecule has 2 aromatic carbocycles. The minimum Gasteiger partial charge on any atom is -0.491 e. The fourth-order valence-corrected chi connectivity index (χ4v) is 3.01. The lowest BCUT2D eigenvalue weighted by molar-refractivity contribution is 0.000123. The summed E-state index contributed by atoms with van der Waals surface area (Å²) in [6.07, 6.45) is 1.35. The Labute approximate surface area is 198 Å². The van der Waals surface area contributed by atoms with Crippen molar-refractivity contribution in [3.05, 3.63) is 48.5 Å². The Morgan fingerprint density at radius 3 is 2.47 bits per heavy atom. The van der Waals surface area contributed by atoms with Gasteiger partial charge in [-0.25, -0.2) is 19.2 Å². The molecule has 182 valence electrons. The molecule has 0 saturated heterocycles. The summed E-state index contributed by atoms with van der Waals surface area (Å²) in [7, 11) is 1.57. The van der Waals surface area contributed by atoms with E-state index in [2.05, 4.69) is 25.9 Å². The quantitative estimate of drug-likeness (QED) is 0.375. The highest BCUT2D eigenvalue weighted by atomic mass is 19.1. The number of nitrogens with zero attached hydrogens (tertiary/aromatic N) is 2. The molecule has 0 atom stereocenters. The summed E-state index contributed by atoms with van der Waals surface area (Å²) >= 11 is 0. The summed E-state index contributed by atoms with van der Waals surface area (Å²) in [5, 5.41) is 8.84. The maximum Gasteiger partial charge on any atom is 0.319 e. The molecule has 0 unspecified atom stereocenters. The molecule has 0 saturated carbocycles. The first-order valence-corrected chi connectivity index (χ1v) is 10.9. The average molecular weight is 472 g/mol. The van der Waals surface area contributed by atoms with Crippen LogP contribution in [0.25, 0.3) is 10.9 Å². The van der Waals surface area contributed by atoms with E-state index in [9.17, 15) is 9.18 Å². The van der Waals surface area contributed by atoms with Crippen LogP contribution in [0.1, 0.15) is 20.8 Å². The molecule has 2 amide bonds. The number of nitrogens with one attached hydrogen (secondary N) is 3. The number of ether oxygens (including phenoxy) is 3. The van der Waals surface area contributed by atoms with Crippen LogP contribution in [-0.2, 0) is 9.47 Å². The first-order chi connectivity index (χ1) is 16.2. The lowest BCUT2D eigenvalue weighted by Crippen LogP contribution is -2.33. The van der Waals surface area contributed by atoms with Gasteiger partial charge in [0.2, 0.25) is 0 Å². The number of hydrogen-bond donors (Lipinski definition) is 3. The van der Waals surface area contributed by atoms with Crippen molar-refractivity contribution < 1.29 is 23.4 Å². The molecule has 1 aromatic heterocycles. The summed E-state index contributed by atoms with van der Waals surface area (Å²) < 4.78 is 30.8. The van der Waals surface area contributed by atoms with E-state index in [1.165, 1.54) is 12.4 Å². The van der Waals surface area contributed by atoms with E-state index in [1.807, 2.05) is 20.8 Å². The van der Waals surface area contributed by atoms with Gasteiger partial charge in [0.15, 0.2) is 0 Å². The maximum absolute atomic E-state index is 14.8. The number of halogens is 1. The van der Waals surface area contributed by atoms with Gasteiger partial charge in [-0.3, -0.25) is 0 Å². The number of rotatable bonds is 10. The normalized spacial score (nSPS) is 11.3. The Hall–Kier alpha value is -3.50. The molecule has 3 rings (SSSR count). The van der Waals surface area contributed by atoms with Gasteiger partial charge < -0.3 is 30.2 Å². The minimum absolute atomic E-state index is 0.251. The van der Waals surface area contributed by atoms with Crippen LogP contribution < -0.4 is 20.7 Å². The molecule has 3 aromatic rings. The van der Waals surface area contributed by atoms with Crippen LogP contribution in [0.4, 0.5) is 26.4 Å². The molecule has 0 aliphatic rings. The van der Waals surface area contributed by atoms with Crippen LogP contribution in [0.15, 0.2) is 42.7 Å². The number of aromatic nitrogens is 2. The third-order valence-corrected chi connectivity index (χ3v) is 4.55. The SMILES string of the molecule is COCCOc1cc(F)c2c(Nc3ccc(NC(=O)NCCOC(C)(C)C)cc3)ncnc2c1. The van der Waals surface area contributed by atoms with Gasteiger partial charge in [0.05, 0.1) is 29.7 Å². The second kappa shape index (κ2) is 11.6. The summed E-state index contributed by atoms with van der Waals surface area (Å²) in [6.45, 7) is 7.39. The molecule has 3 N–H and O–H groups in total. The minimum atomic E-state index is -0.501. The van der Waals surface area contributed by atoms with Crippen LogP contribution in [0.5, 0.6) is 5.75 Å². The third kappa shape index (κ3) is 7.53. The van der Waals surface area contributed by atoms with Gasteiger partial charge in [-0.05, 0) is 45.0 Å². The Bertz CT molecular complexity index is 1100. The van der Waals surface area contributed by atoms with Gasteiger partial charge >= 0.3 is 6.03 Å². The number of amides is 2. The zero-order chi connectivity index (χ0) is 24.6. The molecule has 34 heavy (non-hydrogen) atoms. The van der Waals surface area contributed by atoms with Crippen molar-refractivity contribution in [1.29, 1.82) is 0 Å². The van der Waals surface area contributed by atoms with Gasteiger partial charge in [0.25, 0.3) is 0 Å². The standard InChI is InChI=1S/C24H30FN5O4/c1-24(2,3)34-10-9-26-23(31)30-17-7-5-16(6-8-17)29-22-21-19(25)13-18(33-12-11-32-4)14-20(21)27-15-28-22/h5-8,13-15H,9-12H2,1-4H3,(H2,26,30,31)(H,27,28,29). The summed E-state index contributed by atoms with van der Waals surface area (Å²) in [5.41, 5.74) is 1.44. The molecule has 10 heteroatoms. The fourth-order valence-electron chi connectivity index (χ4n) is 3.01. The fraction of sp³-hybridized carbons (Fsp3) is 0.375. The van der Waals surface area contributed by atoms with Crippen LogP contribution in [-0.4, -0.2) is 55.1 Å². The van der Waals surface area contributed by atoms with Crippen molar-refractivity contribution in [3.8, 4) is 5.75 Å². The molecular formula is C24H30FN5O4. The molecule has 0 fully saturated rings. The summed E-state index contributed by atoms with van der Waals surface area (Å²) in [5.74, 6) is 0.187. The van der Waals surface area contributed by atoms with Crippen LogP contribution in [0.2, 0.25) is 0 Å². The van der Waals surface area contributed by atoms with Crippen LogP contribution in [0, 0.1) is 5.82 Å². The number of hydrogen-bond acceptors (Lipinski definition) is 7. The largest absolute Gasteiger partial charge is 0.491 e. The van der Waals surface area contributed by atoms with Crippen molar-refractivity contribution >= 4 is 34.1 Å². The highest BCUT2D eigenvalue weighted by Gasteiger charge is 2.13. The van der Waals surface area contributed by atoms with E-state index in [1.54, 1.807) is 37.4 Å². The third-order valence-electron chi connectivity index (χ3n) is 4.55. The van der Waals surface area contributed by atoms with E-state index in [0.29, 0.717) is 54.8 Å². The molecular weight excluding hydrogens is 441 g/mol. The van der Waals surface area contributed by atoms with Crippen molar-refractivity contribution in [1.82, 2.24) is 15.3 Å². The molecule has 0 aliphatic heterocycles. The number of urea groups is 1. The number of fused-ring (bicyclic) bond motifs is 1. The zero-order valence-electron chi connectivity index (χ0n) is 19.8. The topological polar surface area (TPSA) is 107 Å². The summed E-state index contributed by atoms with van der Waals surface area (Å²) in [4.78, 5) is 20.4. The highest BCUT2D eigenvalue weighted by Crippen LogP contribution is 2.29. The van der Waals surface area contributed by atoms with Gasteiger partial charge in [-0.2, -0.15) is 0 Å². The smallest absolute Gasteiger partial charge is 0.319 e. The lowest BCUT2D eigenvalue weighted by Gasteiger charge is -2.19. The van der Waals surface area contributed by atoms with Crippen molar-refractivity contribution in [3.63, 3.8) is 0 Å². The van der Waals surface area contributed by atoms with E-state index < -0.39 is 5.82 Å². The molecule has 1 heterocycles. The van der Waals surface area contributed by atoms with Gasteiger partial charge in [0, 0.05) is 37.2 Å². The molecule has 0 aliphatic carbocycles. The molecule has 9 nitrogen and oxygen atoms in total. The van der Waals surface area contributed by atoms with Gasteiger partial charge in [0.1, 0.15) is 30.3 Å². The first kappa shape index (κ1) is 25.1. The Morgan fingerprint density at radius 1 is 1.03 bits per heavy atom. The summed E-state index contributed by atoms with van der Waals surface area (Å²) in [6, 6.07) is 9.60. The van der Waals surface area contributed by atoms with E-state index in [-0.39, 0.29) is 17.0 Å². The number of benzene rings is 2. The number of methoxy groups -OCH3 is 1. The lowest BCUT2D eigenvalue weighted by atomic mass is 10.2. The number of anilines is 3. The molecule has 0 spiro atoms. The Morgan fingerprint density at radius 2 is 1.76 bits per heavy atom. The van der Waals surface area contributed by atoms with Gasteiger partial charge in [-0.1, -0.05) is 0 Å². The van der Waals surface area contributed by atoms with E-state index in [4.69, 9.17) is 14.2 Å². The van der Waals surface area contributed by atoms with E-state index >= 15 is 0 Å². The van der Waals surface area contributed by atoms with Crippen molar-refractivity contribution in [2.75, 3.05) is 44.1 Å². The first-order valence-electron chi connectivity index (χ1n) is 10.9. The number of carbonyl (C=O) groups is 1. The molecule has 0 bridgehead atoms. The monoisotopic (exact) mass is 471 g/mol. The number of carbonyl (C=O) groups excluding carboxylic acids is 1. The van der Waals surface area contributed by atoms with Crippen LogP contribution in [0.3, 0.4) is 0 Å². The molecule has 0 radical (unpaired) electrons. The Kier molecular flexibility index (Phi) is 8.55. The highest BCUT2D eigenvalue weighted by molar-refractivity contribution is 5.92. The zero-order valence-corrected chi connectivity index (χ0v) is 19.8. The van der Waals surface area contributed by atoms with Crippen molar-refractivity contribution in [2.45, 2.75) is 26.4 Å². The maximum atomic E-state index is 14.8. The second-order valence-electron chi connectivity index (χ2n) is 8.41. The average Bonchev–Trinajstić information content (AvgIpc) is 2.77. The predicted octanol–water partition coefficient (Wildman–Crippen LogP) is 4.47.